The highest BCUT2D eigenvalue weighted by Crippen LogP contribution is 2.30. The van der Waals surface area contributed by atoms with Crippen molar-refractivity contribution in [2.45, 2.75) is 38.8 Å². The number of carbonyl (C=O) groups is 1. The fraction of sp³-hybridized carbons (Fsp3) is 0.364. The number of nitrogens with one attached hydrogen (secondary N) is 1. The van der Waals surface area contributed by atoms with Crippen LogP contribution < -0.4 is 5.32 Å². The van der Waals surface area contributed by atoms with Gasteiger partial charge in [-0.05, 0) is 50.6 Å². The molecule has 3 aromatic rings. The number of benzene rings is 1. The summed E-state index contributed by atoms with van der Waals surface area (Å²) in [5.74, 6) is 0.552. The van der Waals surface area contributed by atoms with Crippen LogP contribution in [0.15, 0.2) is 42.9 Å². The minimum atomic E-state index is -0.225. The molecule has 0 spiro atoms. The quantitative estimate of drug-likeness (QED) is 0.665. The molecule has 0 unspecified atom stereocenters. The maximum absolute atomic E-state index is 12.7. The number of likely N-dealkylation sites (tertiary alicyclic amines) is 1. The molecule has 8 heteroatoms. The second-order valence-electron chi connectivity index (χ2n) is 7.69. The Hall–Kier alpha value is -2.77. The van der Waals surface area contributed by atoms with Crippen LogP contribution >= 0.6 is 11.6 Å². The van der Waals surface area contributed by atoms with Gasteiger partial charge in [-0.15, -0.1) is 0 Å². The number of amides is 1. The molecule has 7 nitrogen and oxygen atoms in total. The van der Waals surface area contributed by atoms with E-state index >= 15 is 0 Å². The standard InChI is InChI=1S/C22H25ClN6O/c1-15-19(22(30)27-18-8-6-17(23)7-9-18)12-24-21(26-15)20-5-3-4-10-29(20)14-16-11-25-28(2)13-16/h6-9,11-13,20H,3-5,10,14H2,1-2H3,(H,27,30)/t20-/m1/s1. The number of aromatic nitrogens is 4. The van der Waals surface area contributed by atoms with Gasteiger partial charge in [-0.1, -0.05) is 18.0 Å². The molecule has 4 rings (SSSR count). The first kappa shape index (κ1) is 20.5. The van der Waals surface area contributed by atoms with Gasteiger partial charge < -0.3 is 5.32 Å². The number of anilines is 1. The number of nitrogens with zero attached hydrogens (tertiary/aromatic N) is 5. The predicted octanol–water partition coefficient (Wildman–Crippen LogP) is 4.15. The van der Waals surface area contributed by atoms with Crippen molar-refractivity contribution in [3.8, 4) is 0 Å². The van der Waals surface area contributed by atoms with E-state index in [0.29, 0.717) is 22.0 Å². The van der Waals surface area contributed by atoms with Gasteiger partial charge in [0.1, 0.15) is 5.82 Å². The highest BCUT2D eigenvalue weighted by molar-refractivity contribution is 6.30. The van der Waals surface area contributed by atoms with Crippen molar-refractivity contribution in [1.29, 1.82) is 0 Å². The minimum absolute atomic E-state index is 0.144. The molecule has 30 heavy (non-hydrogen) atoms. The first-order valence-corrected chi connectivity index (χ1v) is 10.5. The van der Waals surface area contributed by atoms with Gasteiger partial charge in [0.2, 0.25) is 0 Å². The molecule has 1 aromatic carbocycles. The average Bonchev–Trinajstić information content (AvgIpc) is 3.14. The largest absolute Gasteiger partial charge is 0.322 e. The number of carbonyl (C=O) groups excluding carboxylic acids is 1. The summed E-state index contributed by atoms with van der Waals surface area (Å²) in [6.07, 6.45) is 8.91. The molecule has 1 N–H and O–H groups in total. The van der Waals surface area contributed by atoms with Crippen molar-refractivity contribution in [1.82, 2.24) is 24.6 Å². The molecule has 0 saturated carbocycles. The lowest BCUT2D eigenvalue weighted by Crippen LogP contribution is -2.34. The lowest BCUT2D eigenvalue weighted by molar-refractivity contribution is 0.102. The van der Waals surface area contributed by atoms with E-state index in [1.807, 2.05) is 31.0 Å². The second kappa shape index (κ2) is 8.93. The molecule has 3 heterocycles. The minimum Gasteiger partial charge on any atom is -0.322 e. The van der Waals surface area contributed by atoms with Crippen molar-refractivity contribution in [2.75, 3.05) is 11.9 Å². The van der Waals surface area contributed by atoms with E-state index < -0.39 is 0 Å². The van der Waals surface area contributed by atoms with Crippen molar-refractivity contribution in [3.63, 3.8) is 0 Å². The van der Waals surface area contributed by atoms with E-state index in [1.54, 1.807) is 30.5 Å². The Kier molecular flexibility index (Phi) is 6.11. The van der Waals surface area contributed by atoms with Gasteiger partial charge in [0.15, 0.2) is 0 Å². The van der Waals surface area contributed by atoms with E-state index in [2.05, 4.69) is 20.3 Å². The van der Waals surface area contributed by atoms with Crippen molar-refractivity contribution < 1.29 is 4.79 Å². The van der Waals surface area contributed by atoms with Crippen LogP contribution in [-0.2, 0) is 13.6 Å². The summed E-state index contributed by atoms with van der Waals surface area (Å²) in [7, 11) is 1.93. The lowest BCUT2D eigenvalue weighted by atomic mass is 10.0. The molecule has 0 radical (unpaired) electrons. The molecule has 156 valence electrons. The van der Waals surface area contributed by atoms with Gasteiger partial charge in [-0.3, -0.25) is 14.4 Å². The Morgan fingerprint density at radius 1 is 1.23 bits per heavy atom. The summed E-state index contributed by atoms with van der Waals surface area (Å²) >= 11 is 5.90. The van der Waals surface area contributed by atoms with Crippen LogP contribution in [0.5, 0.6) is 0 Å². The molecule has 1 amide bonds. The zero-order valence-corrected chi connectivity index (χ0v) is 17.9. The Morgan fingerprint density at radius 3 is 2.73 bits per heavy atom. The Morgan fingerprint density at radius 2 is 2.03 bits per heavy atom. The number of halogens is 1. The topological polar surface area (TPSA) is 75.9 Å². The van der Waals surface area contributed by atoms with Gasteiger partial charge in [0.25, 0.3) is 5.91 Å². The summed E-state index contributed by atoms with van der Waals surface area (Å²) in [5, 5.41) is 7.77. The van der Waals surface area contributed by atoms with Crippen molar-refractivity contribution >= 4 is 23.2 Å². The third-order valence-electron chi connectivity index (χ3n) is 5.40. The molecule has 0 aliphatic carbocycles. The van der Waals surface area contributed by atoms with Gasteiger partial charge in [-0.2, -0.15) is 5.10 Å². The van der Waals surface area contributed by atoms with Crippen molar-refractivity contribution in [3.05, 3.63) is 70.5 Å². The lowest BCUT2D eigenvalue weighted by Gasteiger charge is -2.34. The Balaban J connectivity index is 1.50. The first-order valence-electron chi connectivity index (χ1n) is 10.1. The van der Waals surface area contributed by atoms with Crippen LogP contribution in [0.1, 0.15) is 52.7 Å². The Bertz CT molecular complexity index is 1030. The van der Waals surface area contributed by atoms with Gasteiger partial charge >= 0.3 is 0 Å². The maximum atomic E-state index is 12.7. The van der Waals surface area contributed by atoms with Gasteiger partial charge in [-0.25, -0.2) is 9.97 Å². The summed E-state index contributed by atoms with van der Waals surface area (Å²) in [5.41, 5.74) is 3.02. The number of hydrogen-bond acceptors (Lipinski definition) is 5. The van der Waals surface area contributed by atoms with Crippen LogP contribution in [0, 0.1) is 6.92 Å². The normalized spacial score (nSPS) is 17.1. The molecular weight excluding hydrogens is 400 g/mol. The molecule has 1 aliphatic heterocycles. The number of aryl methyl sites for hydroxylation is 2. The average molecular weight is 425 g/mol. The summed E-state index contributed by atoms with van der Waals surface area (Å²) in [4.78, 5) is 24.4. The smallest absolute Gasteiger partial charge is 0.259 e. The fourth-order valence-corrected chi connectivity index (χ4v) is 3.99. The molecule has 2 aromatic heterocycles. The summed E-state index contributed by atoms with van der Waals surface area (Å²) < 4.78 is 1.82. The van der Waals surface area contributed by atoms with E-state index in [1.165, 1.54) is 5.56 Å². The van der Waals surface area contributed by atoms with E-state index in [4.69, 9.17) is 16.6 Å². The van der Waals surface area contributed by atoms with E-state index in [-0.39, 0.29) is 11.9 Å². The predicted molar refractivity (Wildman–Crippen MR) is 116 cm³/mol. The number of piperidine rings is 1. The highest BCUT2D eigenvalue weighted by Gasteiger charge is 2.27. The van der Waals surface area contributed by atoms with Gasteiger partial charge in [0, 0.05) is 42.3 Å². The van der Waals surface area contributed by atoms with Crippen molar-refractivity contribution in [2.24, 2.45) is 7.05 Å². The molecule has 0 bridgehead atoms. The van der Waals surface area contributed by atoms with Crippen LogP contribution in [-0.4, -0.2) is 37.1 Å². The zero-order chi connectivity index (χ0) is 21.1. The highest BCUT2D eigenvalue weighted by atomic mass is 35.5. The monoisotopic (exact) mass is 424 g/mol. The van der Waals surface area contributed by atoms with Crippen LogP contribution in [0.3, 0.4) is 0 Å². The second-order valence-corrected chi connectivity index (χ2v) is 8.13. The SMILES string of the molecule is Cc1nc([C@H]2CCCCN2Cc2cnn(C)c2)ncc1C(=O)Nc1ccc(Cl)cc1. The number of hydrogen-bond donors (Lipinski definition) is 1. The maximum Gasteiger partial charge on any atom is 0.259 e. The third kappa shape index (κ3) is 4.68. The molecule has 1 atom stereocenters. The first-order chi connectivity index (χ1) is 14.5. The Labute approximate surface area is 181 Å². The van der Waals surface area contributed by atoms with Crippen LogP contribution in [0.2, 0.25) is 5.02 Å². The zero-order valence-electron chi connectivity index (χ0n) is 17.2. The fourth-order valence-electron chi connectivity index (χ4n) is 3.86. The molecule has 1 fully saturated rings. The molecule has 1 saturated heterocycles. The molecule has 1 aliphatic rings. The summed E-state index contributed by atoms with van der Waals surface area (Å²) in [6.45, 7) is 3.68. The van der Waals surface area contributed by atoms with Crippen LogP contribution in [0.4, 0.5) is 5.69 Å². The van der Waals surface area contributed by atoms with E-state index in [9.17, 15) is 4.79 Å². The molecular formula is C22H25ClN6O. The third-order valence-corrected chi connectivity index (χ3v) is 5.65. The van der Waals surface area contributed by atoms with E-state index in [0.717, 1.165) is 38.2 Å². The number of rotatable bonds is 5. The summed E-state index contributed by atoms with van der Waals surface area (Å²) in [6, 6.07) is 7.16. The van der Waals surface area contributed by atoms with Gasteiger partial charge in [0.05, 0.1) is 23.5 Å². The van der Waals surface area contributed by atoms with Crippen LogP contribution in [0.25, 0.3) is 0 Å².